The molecule has 0 amide bonds. The fourth-order valence-electron chi connectivity index (χ4n) is 3.38. The van der Waals surface area contributed by atoms with Crippen molar-refractivity contribution in [3.8, 4) is 11.5 Å². The molecule has 0 aliphatic carbocycles. The largest absolute Gasteiger partial charge is 0.508 e. The van der Waals surface area contributed by atoms with Gasteiger partial charge in [-0.05, 0) is 86.7 Å². The maximum Gasteiger partial charge on any atom is 0.123 e. The molecule has 1 aliphatic heterocycles. The zero-order valence-corrected chi connectivity index (χ0v) is 14.7. The average Bonchev–Trinajstić information content (AvgIpc) is 2.61. The lowest BCUT2D eigenvalue weighted by atomic mass is 9.90. The molecular formula is C21H26FNO2. The molecule has 4 heteroatoms. The molecule has 2 aromatic rings. The second kappa shape index (κ2) is 8.34. The number of nitrogens with zero attached hydrogens (tertiary/aromatic N) is 1. The van der Waals surface area contributed by atoms with Gasteiger partial charge in [-0.15, -0.1) is 0 Å². The standard InChI is InChI=1S/C21H26FNO2/c1-16-14-20(6-7-21(16)24)25-13-12-23-10-8-18(9-11-23)15-17-2-4-19(22)5-3-17/h2-7,14,18,24H,8-13,15H2,1H3. The van der Waals surface area contributed by atoms with Gasteiger partial charge in [0, 0.05) is 6.54 Å². The molecule has 0 unspecified atom stereocenters. The third kappa shape index (κ3) is 5.20. The van der Waals surface area contributed by atoms with Gasteiger partial charge in [0.2, 0.25) is 0 Å². The van der Waals surface area contributed by atoms with Crippen molar-refractivity contribution in [1.82, 2.24) is 4.90 Å². The topological polar surface area (TPSA) is 32.7 Å². The molecule has 0 radical (unpaired) electrons. The summed E-state index contributed by atoms with van der Waals surface area (Å²) in [5.74, 6) is 1.63. The quantitative estimate of drug-likeness (QED) is 0.854. The molecular weight excluding hydrogens is 317 g/mol. The zero-order valence-electron chi connectivity index (χ0n) is 14.7. The number of phenolic OH excluding ortho intramolecular Hbond substituents is 1. The second-order valence-corrected chi connectivity index (χ2v) is 6.91. The first-order chi connectivity index (χ1) is 12.1. The SMILES string of the molecule is Cc1cc(OCCN2CCC(Cc3ccc(F)cc3)CC2)ccc1O. The van der Waals surface area contributed by atoms with Crippen molar-refractivity contribution in [3.63, 3.8) is 0 Å². The second-order valence-electron chi connectivity index (χ2n) is 6.91. The van der Waals surface area contributed by atoms with Crippen LogP contribution in [0.1, 0.15) is 24.0 Å². The molecule has 1 fully saturated rings. The summed E-state index contributed by atoms with van der Waals surface area (Å²) in [6.45, 7) is 5.62. The summed E-state index contributed by atoms with van der Waals surface area (Å²) in [5.41, 5.74) is 2.06. The highest BCUT2D eigenvalue weighted by molar-refractivity contribution is 5.38. The molecule has 1 N–H and O–H groups in total. The van der Waals surface area contributed by atoms with Crippen molar-refractivity contribution >= 4 is 0 Å². The minimum absolute atomic E-state index is 0.164. The van der Waals surface area contributed by atoms with Crippen LogP contribution < -0.4 is 4.74 Å². The van der Waals surface area contributed by atoms with E-state index in [2.05, 4.69) is 4.90 Å². The summed E-state index contributed by atoms with van der Waals surface area (Å²) in [4.78, 5) is 2.44. The highest BCUT2D eigenvalue weighted by Crippen LogP contribution is 2.23. The fraction of sp³-hybridized carbons (Fsp3) is 0.429. The lowest BCUT2D eigenvalue weighted by molar-refractivity contribution is 0.155. The van der Waals surface area contributed by atoms with Gasteiger partial charge in [0.05, 0.1) is 0 Å². The monoisotopic (exact) mass is 343 g/mol. The smallest absolute Gasteiger partial charge is 0.123 e. The number of ether oxygens (including phenoxy) is 1. The highest BCUT2D eigenvalue weighted by atomic mass is 19.1. The minimum atomic E-state index is -0.164. The lowest BCUT2D eigenvalue weighted by Crippen LogP contribution is -2.37. The van der Waals surface area contributed by atoms with E-state index < -0.39 is 0 Å². The molecule has 0 saturated carbocycles. The summed E-state index contributed by atoms with van der Waals surface area (Å²) in [5, 5.41) is 9.53. The summed E-state index contributed by atoms with van der Waals surface area (Å²) in [6, 6.07) is 12.2. The first-order valence-corrected chi connectivity index (χ1v) is 8.99. The number of aryl methyl sites for hydroxylation is 1. The van der Waals surface area contributed by atoms with E-state index in [1.807, 2.05) is 25.1 Å². The molecule has 134 valence electrons. The minimum Gasteiger partial charge on any atom is -0.508 e. The Kier molecular flexibility index (Phi) is 5.92. The van der Waals surface area contributed by atoms with Gasteiger partial charge < -0.3 is 9.84 Å². The highest BCUT2D eigenvalue weighted by Gasteiger charge is 2.19. The van der Waals surface area contributed by atoms with E-state index in [0.717, 1.165) is 37.4 Å². The van der Waals surface area contributed by atoms with Crippen molar-refractivity contribution < 1.29 is 14.2 Å². The zero-order chi connectivity index (χ0) is 17.6. The van der Waals surface area contributed by atoms with Crippen LogP contribution in [0.5, 0.6) is 11.5 Å². The van der Waals surface area contributed by atoms with Crippen molar-refractivity contribution in [1.29, 1.82) is 0 Å². The average molecular weight is 343 g/mol. The van der Waals surface area contributed by atoms with Gasteiger partial charge in [0.1, 0.15) is 23.9 Å². The molecule has 1 saturated heterocycles. The number of phenols is 1. The summed E-state index contributed by atoms with van der Waals surface area (Å²) < 4.78 is 18.8. The molecule has 3 nitrogen and oxygen atoms in total. The molecule has 0 bridgehead atoms. The normalized spacial score (nSPS) is 16.1. The summed E-state index contributed by atoms with van der Waals surface area (Å²) in [6.07, 6.45) is 3.39. The Morgan fingerprint density at radius 1 is 1.12 bits per heavy atom. The number of hydrogen-bond donors (Lipinski definition) is 1. The number of benzene rings is 2. The van der Waals surface area contributed by atoms with E-state index in [4.69, 9.17) is 4.74 Å². The van der Waals surface area contributed by atoms with Crippen LogP contribution in [0.2, 0.25) is 0 Å². The third-order valence-corrected chi connectivity index (χ3v) is 4.99. The van der Waals surface area contributed by atoms with Crippen molar-refractivity contribution in [3.05, 3.63) is 59.4 Å². The first kappa shape index (κ1) is 17.7. The van der Waals surface area contributed by atoms with E-state index >= 15 is 0 Å². The predicted octanol–water partition coefficient (Wildman–Crippen LogP) is 4.17. The summed E-state index contributed by atoms with van der Waals surface area (Å²) in [7, 11) is 0. The fourth-order valence-corrected chi connectivity index (χ4v) is 3.38. The molecule has 0 aromatic heterocycles. The van der Waals surface area contributed by atoms with Gasteiger partial charge in [-0.1, -0.05) is 12.1 Å². The Balaban J connectivity index is 1.37. The predicted molar refractivity (Wildman–Crippen MR) is 97.6 cm³/mol. The number of rotatable bonds is 6. The molecule has 2 aromatic carbocycles. The van der Waals surface area contributed by atoms with Crippen molar-refractivity contribution in [2.24, 2.45) is 5.92 Å². The van der Waals surface area contributed by atoms with Gasteiger partial charge >= 0.3 is 0 Å². The molecule has 1 aliphatic rings. The number of hydrogen-bond acceptors (Lipinski definition) is 3. The number of piperidine rings is 1. The van der Waals surface area contributed by atoms with E-state index in [1.165, 1.54) is 18.4 Å². The Hall–Kier alpha value is -2.07. The van der Waals surface area contributed by atoms with Gasteiger partial charge in [-0.2, -0.15) is 0 Å². The van der Waals surface area contributed by atoms with E-state index in [9.17, 15) is 9.50 Å². The first-order valence-electron chi connectivity index (χ1n) is 8.99. The van der Waals surface area contributed by atoms with Crippen LogP contribution in [0.25, 0.3) is 0 Å². The Morgan fingerprint density at radius 2 is 1.84 bits per heavy atom. The van der Waals surface area contributed by atoms with Gasteiger partial charge in [-0.25, -0.2) is 4.39 Å². The molecule has 0 atom stereocenters. The number of halogens is 1. The van der Waals surface area contributed by atoms with Gasteiger partial charge in [-0.3, -0.25) is 4.90 Å². The Labute approximate surface area is 149 Å². The van der Waals surface area contributed by atoms with Crippen molar-refractivity contribution in [2.75, 3.05) is 26.2 Å². The van der Waals surface area contributed by atoms with Crippen LogP contribution >= 0.6 is 0 Å². The van der Waals surface area contributed by atoms with Crippen LogP contribution in [0.4, 0.5) is 4.39 Å². The van der Waals surface area contributed by atoms with Gasteiger partial charge in [0.25, 0.3) is 0 Å². The van der Waals surface area contributed by atoms with Gasteiger partial charge in [0.15, 0.2) is 0 Å². The summed E-state index contributed by atoms with van der Waals surface area (Å²) >= 11 is 0. The number of likely N-dealkylation sites (tertiary alicyclic amines) is 1. The third-order valence-electron chi connectivity index (χ3n) is 4.99. The Morgan fingerprint density at radius 3 is 2.52 bits per heavy atom. The number of aromatic hydroxyl groups is 1. The van der Waals surface area contributed by atoms with Crippen LogP contribution in [0.15, 0.2) is 42.5 Å². The molecule has 3 rings (SSSR count). The maximum atomic E-state index is 13.0. The Bertz CT molecular complexity index is 679. The lowest BCUT2D eigenvalue weighted by Gasteiger charge is -2.31. The molecule has 1 heterocycles. The van der Waals surface area contributed by atoms with E-state index in [1.54, 1.807) is 24.3 Å². The van der Waals surface area contributed by atoms with Crippen LogP contribution in [-0.4, -0.2) is 36.2 Å². The van der Waals surface area contributed by atoms with E-state index in [-0.39, 0.29) is 5.82 Å². The molecule has 0 spiro atoms. The van der Waals surface area contributed by atoms with Crippen LogP contribution in [-0.2, 0) is 6.42 Å². The van der Waals surface area contributed by atoms with Crippen LogP contribution in [0, 0.1) is 18.7 Å². The maximum absolute atomic E-state index is 13.0. The van der Waals surface area contributed by atoms with E-state index in [0.29, 0.717) is 18.3 Å². The van der Waals surface area contributed by atoms with Crippen LogP contribution in [0.3, 0.4) is 0 Å². The van der Waals surface area contributed by atoms with Crippen molar-refractivity contribution in [2.45, 2.75) is 26.2 Å². The molecule has 25 heavy (non-hydrogen) atoms.